The number of nitrogens with two attached hydrogens (primary N) is 1. The van der Waals surface area contributed by atoms with E-state index in [9.17, 15) is 4.79 Å². The van der Waals surface area contributed by atoms with Crippen molar-refractivity contribution in [1.29, 1.82) is 0 Å². The van der Waals surface area contributed by atoms with Crippen molar-refractivity contribution >= 4 is 28.6 Å². The third-order valence-corrected chi connectivity index (χ3v) is 3.99. The molecule has 0 radical (unpaired) electrons. The fourth-order valence-corrected chi connectivity index (χ4v) is 2.80. The fraction of sp³-hybridized carbons (Fsp3) is 0.154. The molecule has 0 spiro atoms. The summed E-state index contributed by atoms with van der Waals surface area (Å²) in [7, 11) is 0. The highest BCUT2D eigenvalue weighted by atomic mass is 32.1. The maximum atomic E-state index is 12.0. The Morgan fingerprint density at radius 3 is 2.94 bits per heavy atom. The Bertz CT molecular complexity index is 576. The molecule has 2 aromatic rings. The fourth-order valence-electron chi connectivity index (χ4n) is 1.39. The summed E-state index contributed by atoms with van der Waals surface area (Å²) >= 11 is 3.02. The summed E-state index contributed by atoms with van der Waals surface area (Å²) in [5.74, 6) is 5.58. The van der Waals surface area contributed by atoms with Gasteiger partial charge in [0, 0.05) is 10.4 Å². The van der Waals surface area contributed by atoms with Crippen LogP contribution in [-0.4, -0.2) is 12.5 Å². The monoisotopic (exact) mass is 276 g/mol. The molecule has 0 aliphatic heterocycles. The largest absolute Gasteiger partial charge is 0.346 e. The third kappa shape index (κ3) is 3.20. The van der Waals surface area contributed by atoms with Crippen LogP contribution in [0.3, 0.4) is 0 Å². The first-order valence-electron chi connectivity index (χ1n) is 5.38. The van der Waals surface area contributed by atoms with Gasteiger partial charge >= 0.3 is 0 Å². The molecule has 0 unspecified atom stereocenters. The van der Waals surface area contributed by atoms with Gasteiger partial charge in [-0.1, -0.05) is 17.9 Å². The summed E-state index contributed by atoms with van der Waals surface area (Å²) in [4.78, 5) is 13.8. The molecule has 18 heavy (non-hydrogen) atoms. The molecular formula is C13H12N2OS2. The minimum Gasteiger partial charge on any atom is -0.346 e. The van der Waals surface area contributed by atoms with E-state index in [4.69, 9.17) is 5.73 Å². The number of nitrogens with one attached hydrogen (secondary N) is 1. The molecule has 2 rings (SSSR count). The van der Waals surface area contributed by atoms with Crippen LogP contribution in [0.25, 0.3) is 0 Å². The van der Waals surface area contributed by atoms with Crippen molar-refractivity contribution in [2.24, 2.45) is 5.73 Å². The number of hydrogen-bond donors (Lipinski definition) is 2. The molecule has 0 aromatic carbocycles. The minimum absolute atomic E-state index is 0.0836. The Kier molecular flexibility index (Phi) is 4.53. The molecule has 1 amide bonds. The highest BCUT2D eigenvalue weighted by Gasteiger charge is 2.11. The van der Waals surface area contributed by atoms with E-state index >= 15 is 0 Å². The molecule has 0 fully saturated rings. The molecule has 3 nitrogen and oxygen atoms in total. The summed E-state index contributed by atoms with van der Waals surface area (Å²) in [6, 6.07) is 5.80. The molecule has 2 heterocycles. The quantitative estimate of drug-likeness (QED) is 0.843. The number of thiophene rings is 2. The molecule has 3 N–H and O–H groups in total. The van der Waals surface area contributed by atoms with E-state index in [0.717, 1.165) is 10.4 Å². The first-order valence-corrected chi connectivity index (χ1v) is 7.14. The van der Waals surface area contributed by atoms with Gasteiger partial charge in [-0.2, -0.15) is 0 Å². The number of rotatable bonds is 3. The number of amides is 1. The number of hydrogen-bond acceptors (Lipinski definition) is 4. The van der Waals surface area contributed by atoms with E-state index in [2.05, 4.69) is 17.2 Å². The molecule has 0 aliphatic rings. The molecule has 0 saturated heterocycles. The predicted molar refractivity (Wildman–Crippen MR) is 75.7 cm³/mol. The lowest BCUT2D eigenvalue weighted by Crippen LogP contribution is -2.22. The summed E-state index contributed by atoms with van der Waals surface area (Å²) in [6.07, 6.45) is 0. The van der Waals surface area contributed by atoms with Crippen LogP contribution in [0.4, 0.5) is 0 Å². The van der Waals surface area contributed by atoms with Crippen LogP contribution in [-0.2, 0) is 6.54 Å². The van der Waals surface area contributed by atoms with Crippen molar-refractivity contribution in [3.63, 3.8) is 0 Å². The zero-order valence-electron chi connectivity index (χ0n) is 9.60. The van der Waals surface area contributed by atoms with Crippen molar-refractivity contribution in [2.75, 3.05) is 6.54 Å². The van der Waals surface area contributed by atoms with Crippen LogP contribution in [0.15, 0.2) is 29.0 Å². The SMILES string of the molecule is NCC#Cc1ccsc1C(=O)NCc1cccs1. The highest BCUT2D eigenvalue weighted by molar-refractivity contribution is 7.12. The Morgan fingerprint density at radius 1 is 1.33 bits per heavy atom. The van der Waals surface area contributed by atoms with Gasteiger partial charge in [-0.25, -0.2) is 0 Å². The van der Waals surface area contributed by atoms with Gasteiger partial charge in [-0.05, 0) is 22.9 Å². The summed E-state index contributed by atoms with van der Waals surface area (Å²) in [5.41, 5.74) is 6.07. The molecule has 0 atom stereocenters. The minimum atomic E-state index is -0.0836. The first-order chi connectivity index (χ1) is 8.81. The molecule has 2 aromatic heterocycles. The van der Waals surface area contributed by atoms with Crippen LogP contribution >= 0.6 is 22.7 Å². The van der Waals surface area contributed by atoms with Crippen molar-refractivity contribution in [3.05, 3.63) is 44.3 Å². The molecular weight excluding hydrogens is 264 g/mol. The second kappa shape index (κ2) is 6.36. The third-order valence-electron chi connectivity index (χ3n) is 2.20. The maximum absolute atomic E-state index is 12.0. The van der Waals surface area contributed by atoms with Crippen molar-refractivity contribution in [1.82, 2.24) is 5.32 Å². The van der Waals surface area contributed by atoms with Crippen molar-refractivity contribution in [2.45, 2.75) is 6.54 Å². The Balaban J connectivity index is 2.02. The van der Waals surface area contributed by atoms with Gasteiger partial charge in [0.15, 0.2) is 0 Å². The predicted octanol–water partition coefficient (Wildman–Crippen LogP) is 2.05. The zero-order chi connectivity index (χ0) is 12.8. The molecule has 0 aliphatic carbocycles. The van der Waals surface area contributed by atoms with E-state index < -0.39 is 0 Å². The van der Waals surface area contributed by atoms with Gasteiger partial charge in [0.1, 0.15) is 4.88 Å². The standard InChI is InChI=1S/C13H12N2OS2/c14-6-1-3-10-5-8-18-12(10)13(16)15-9-11-4-2-7-17-11/h2,4-5,7-8H,6,9,14H2,(H,15,16). The van der Waals surface area contributed by atoms with Gasteiger partial charge in [-0.3, -0.25) is 4.79 Å². The van der Waals surface area contributed by atoms with E-state index in [0.29, 0.717) is 18.0 Å². The smallest absolute Gasteiger partial charge is 0.262 e. The van der Waals surface area contributed by atoms with Gasteiger partial charge in [0.05, 0.1) is 13.1 Å². The first kappa shape index (κ1) is 12.8. The summed E-state index contributed by atoms with van der Waals surface area (Å²) < 4.78 is 0. The zero-order valence-corrected chi connectivity index (χ0v) is 11.2. The second-order valence-corrected chi connectivity index (χ2v) is 5.38. The van der Waals surface area contributed by atoms with E-state index in [1.54, 1.807) is 11.3 Å². The van der Waals surface area contributed by atoms with Crippen molar-refractivity contribution in [3.8, 4) is 11.8 Å². The van der Waals surface area contributed by atoms with E-state index in [1.807, 2.05) is 29.0 Å². The Hall–Kier alpha value is -1.61. The lowest BCUT2D eigenvalue weighted by molar-refractivity contribution is 0.0955. The molecule has 92 valence electrons. The molecule has 0 saturated carbocycles. The number of carbonyl (C=O) groups excluding carboxylic acids is 1. The average molecular weight is 276 g/mol. The summed E-state index contributed by atoms with van der Waals surface area (Å²) in [5, 5.41) is 6.74. The normalized spacial score (nSPS) is 9.61. The van der Waals surface area contributed by atoms with Gasteiger partial charge in [-0.15, -0.1) is 22.7 Å². The van der Waals surface area contributed by atoms with E-state index in [-0.39, 0.29) is 5.91 Å². The van der Waals surface area contributed by atoms with Crippen LogP contribution in [0.1, 0.15) is 20.1 Å². The van der Waals surface area contributed by atoms with Crippen LogP contribution in [0.2, 0.25) is 0 Å². The van der Waals surface area contributed by atoms with Gasteiger partial charge in [0.25, 0.3) is 5.91 Å². The van der Waals surface area contributed by atoms with Gasteiger partial charge < -0.3 is 11.1 Å². The Morgan fingerprint density at radius 2 is 2.22 bits per heavy atom. The van der Waals surface area contributed by atoms with Crippen LogP contribution in [0, 0.1) is 11.8 Å². The second-order valence-electron chi connectivity index (χ2n) is 3.43. The maximum Gasteiger partial charge on any atom is 0.262 e. The van der Waals surface area contributed by atoms with E-state index in [1.165, 1.54) is 11.3 Å². The lowest BCUT2D eigenvalue weighted by Gasteiger charge is -2.01. The van der Waals surface area contributed by atoms with Crippen LogP contribution < -0.4 is 11.1 Å². The number of carbonyl (C=O) groups is 1. The van der Waals surface area contributed by atoms with Gasteiger partial charge in [0.2, 0.25) is 0 Å². The Labute approximate surface area is 114 Å². The highest BCUT2D eigenvalue weighted by Crippen LogP contribution is 2.16. The lowest BCUT2D eigenvalue weighted by atomic mass is 10.2. The topological polar surface area (TPSA) is 55.1 Å². The van der Waals surface area contributed by atoms with Crippen molar-refractivity contribution < 1.29 is 4.79 Å². The van der Waals surface area contributed by atoms with Crippen LogP contribution in [0.5, 0.6) is 0 Å². The average Bonchev–Trinajstić information content (AvgIpc) is 3.04. The molecule has 5 heteroatoms. The molecule has 0 bridgehead atoms. The summed E-state index contributed by atoms with van der Waals surface area (Å²) in [6.45, 7) is 0.851.